The topological polar surface area (TPSA) is 60.4 Å². The van der Waals surface area contributed by atoms with E-state index in [1.54, 1.807) is 19.0 Å². The van der Waals surface area contributed by atoms with Crippen LogP contribution in [-0.2, 0) is 10.9 Å². The number of anilines is 1. The van der Waals surface area contributed by atoms with Gasteiger partial charge >= 0.3 is 6.18 Å². The standard InChI is InChI=1S/C13H12F4N4O.C4H10O/c1-21(2)8-6-7(4-5-18-8)11-19-10(14)9(13(15,16)17)12(20-11)22-3;1-3-5-4-2/h4-6H,1-3H3;3-4H2,1-2H3. The van der Waals surface area contributed by atoms with E-state index in [4.69, 9.17) is 4.74 Å². The van der Waals surface area contributed by atoms with Gasteiger partial charge in [0.2, 0.25) is 11.8 Å². The fourth-order valence-electron chi connectivity index (χ4n) is 1.94. The minimum absolute atomic E-state index is 0.215. The van der Waals surface area contributed by atoms with Crippen molar-refractivity contribution in [3.05, 3.63) is 29.8 Å². The summed E-state index contributed by atoms with van der Waals surface area (Å²) < 4.78 is 61.5. The zero-order valence-corrected chi connectivity index (χ0v) is 15.8. The lowest BCUT2D eigenvalue weighted by atomic mass is 10.2. The zero-order chi connectivity index (χ0) is 20.6. The van der Waals surface area contributed by atoms with E-state index in [0.29, 0.717) is 11.4 Å². The van der Waals surface area contributed by atoms with E-state index in [-0.39, 0.29) is 5.82 Å². The molecule has 2 aromatic rings. The van der Waals surface area contributed by atoms with Gasteiger partial charge in [-0.25, -0.2) is 4.98 Å². The Hall–Kier alpha value is -2.49. The molecule has 2 aromatic heterocycles. The third-order valence-electron chi connectivity index (χ3n) is 3.18. The molecule has 150 valence electrons. The van der Waals surface area contributed by atoms with Gasteiger partial charge in [-0.15, -0.1) is 0 Å². The molecule has 0 saturated heterocycles. The molecular formula is C17H22F4N4O2. The molecule has 0 atom stereocenters. The Bertz CT molecular complexity index is 737. The number of pyridine rings is 1. The molecule has 0 saturated carbocycles. The summed E-state index contributed by atoms with van der Waals surface area (Å²) in [7, 11) is 4.46. The molecule has 0 N–H and O–H groups in total. The molecular weight excluding hydrogens is 368 g/mol. The number of hydrogen-bond donors (Lipinski definition) is 0. The van der Waals surface area contributed by atoms with Crippen LogP contribution in [0.25, 0.3) is 11.4 Å². The van der Waals surface area contributed by atoms with Crippen molar-refractivity contribution in [2.24, 2.45) is 0 Å². The number of rotatable bonds is 5. The van der Waals surface area contributed by atoms with Crippen molar-refractivity contribution in [3.8, 4) is 17.3 Å². The number of halogens is 4. The van der Waals surface area contributed by atoms with Gasteiger partial charge in [0.1, 0.15) is 5.82 Å². The fraction of sp³-hybridized carbons (Fsp3) is 0.471. The lowest BCUT2D eigenvalue weighted by Gasteiger charge is -2.14. The Kier molecular flexibility index (Phi) is 8.35. The van der Waals surface area contributed by atoms with Crippen LogP contribution in [0.2, 0.25) is 0 Å². The highest BCUT2D eigenvalue weighted by molar-refractivity contribution is 5.60. The van der Waals surface area contributed by atoms with Gasteiger partial charge in [-0.3, -0.25) is 0 Å². The minimum Gasteiger partial charge on any atom is -0.480 e. The molecule has 2 rings (SSSR count). The normalized spacial score (nSPS) is 10.9. The molecule has 0 radical (unpaired) electrons. The second-order valence-electron chi connectivity index (χ2n) is 5.30. The van der Waals surface area contributed by atoms with Crippen LogP contribution < -0.4 is 9.64 Å². The predicted octanol–water partition coefficient (Wildman–Crippen LogP) is 3.81. The van der Waals surface area contributed by atoms with Gasteiger partial charge < -0.3 is 14.4 Å². The van der Waals surface area contributed by atoms with Crippen molar-refractivity contribution < 1.29 is 27.0 Å². The van der Waals surface area contributed by atoms with Gasteiger partial charge in [0.25, 0.3) is 0 Å². The maximum absolute atomic E-state index is 13.8. The van der Waals surface area contributed by atoms with Crippen LogP contribution in [0.4, 0.5) is 23.4 Å². The van der Waals surface area contributed by atoms with Crippen LogP contribution in [0.5, 0.6) is 5.88 Å². The Morgan fingerprint density at radius 3 is 2.19 bits per heavy atom. The number of ether oxygens (including phenoxy) is 2. The second-order valence-corrected chi connectivity index (χ2v) is 5.30. The molecule has 10 heteroatoms. The smallest absolute Gasteiger partial charge is 0.426 e. The van der Waals surface area contributed by atoms with Gasteiger partial charge in [-0.1, -0.05) is 0 Å². The van der Waals surface area contributed by atoms with Gasteiger partial charge in [-0.05, 0) is 26.0 Å². The summed E-state index contributed by atoms with van der Waals surface area (Å²) in [5, 5.41) is 0. The number of hydrogen-bond acceptors (Lipinski definition) is 6. The molecule has 0 aliphatic carbocycles. The summed E-state index contributed by atoms with van der Waals surface area (Å²) in [5.74, 6) is -2.23. The number of methoxy groups -OCH3 is 1. The minimum atomic E-state index is -4.94. The molecule has 6 nitrogen and oxygen atoms in total. The van der Waals surface area contributed by atoms with Gasteiger partial charge in [0, 0.05) is 39.1 Å². The van der Waals surface area contributed by atoms with Crippen LogP contribution in [0.1, 0.15) is 19.4 Å². The number of aromatic nitrogens is 3. The summed E-state index contributed by atoms with van der Waals surface area (Å²) in [4.78, 5) is 12.7. The zero-order valence-electron chi connectivity index (χ0n) is 15.8. The van der Waals surface area contributed by atoms with Gasteiger partial charge in [0.15, 0.2) is 11.4 Å². The third kappa shape index (κ3) is 6.31. The van der Waals surface area contributed by atoms with E-state index >= 15 is 0 Å². The number of nitrogens with zero attached hydrogens (tertiary/aromatic N) is 4. The monoisotopic (exact) mass is 390 g/mol. The first-order chi connectivity index (χ1) is 12.6. The predicted molar refractivity (Wildman–Crippen MR) is 93.3 cm³/mol. The van der Waals surface area contributed by atoms with E-state index in [9.17, 15) is 17.6 Å². The van der Waals surface area contributed by atoms with Crippen molar-refractivity contribution in [3.63, 3.8) is 0 Å². The van der Waals surface area contributed by atoms with Crippen LogP contribution in [0, 0.1) is 5.95 Å². The Labute approximate surface area is 155 Å². The fourth-order valence-corrected chi connectivity index (χ4v) is 1.94. The molecule has 0 spiro atoms. The van der Waals surface area contributed by atoms with E-state index < -0.39 is 23.6 Å². The Morgan fingerprint density at radius 2 is 1.74 bits per heavy atom. The highest BCUT2D eigenvalue weighted by Gasteiger charge is 2.40. The van der Waals surface area contributed by atoms with E-state index in [1.165, 1.54) is 18.3 Å². The van der Waals surface area contributed by atoms with Crippen molar-refractivity contribution >= 4 is 5.82 Å². The maximum atomic E-state index is 13.8. The Morgan fingerprint density at radius 1 is 1.11 bits per heavy atom. The quantitative estimate of drug-likeness (QED) is 0.572. The third-order valence-corrected chi connectivity index (χ3v) is 3.18. The molecule has 0 unspecified atom stereocenters. The molecule has 0 fully saturated rings. The van der Waals surface area contributed by atoms with Gasteiger partial charge in [0.05, 0.1) is 7.11 Å². The van der Waals surface area contributed by atoms with Crippen molar-refractivity contribution in [1.29, 1.82) is 0 Å². The molecule has 0 aromatic carbocycles. The van der Waals surface area contributed by atoms with Crippen LogP contribution in [0.15, 0.2) is 18.3 Å². The summed E-state index contributed by atoms with van der Waals surface area (Å²) >= 11 is 0. The molecule has 0 aliphatic rings. The molecule has 27 heavy (non-hydrogen) atoms. The maximum Gasteiger partial charge on any atom is 0.426 e. The summed E-state index contributed by atoms with van der Waals surface area (Å²) in [6.45, 7) is 5.67. The average Bonchev–Trinajstić information content (AvgIpc) is 2.61. The number of alkyl halides is 3. The Balaban J connectivity index is 0.000000646. The summed E-state index contributed by atoms with van der Waals surface area (Å²) in [6.07, 6.45) is -3.52. The van der Waals surface area contributed by atoms with Crippen molar-refractivity contribution in [2.45, 2.75) is 20.0 Å². The van der Waals surface area contributed by atoms with E-state index in [1.807, 2.05) is 13.8 Å². The summed E-state index contributed by atoms with van der Waals surface area (Å²) in [5.41, 5.74) is -1.30. The molecule has 2 heterocycles. The first-order valence-electron chi connectivity index (χ1n) is 8.05. The van der Waals surface area contributed by atoms with E-state index in [0.717, 1.165) is 20.3 Å². The average molecular weight is 390 g/mol. The van der Waals surface area contributed by atoms with Crippen LogP contribution in [-0.4, -0.2) is 49.4 Å². The van der Waals surface area contributed by atoms with Gasteiger partial charge in [-0.2, -0.15) is 27.5 Å². The molecule has 0 amide bonds. The lowest BCUT2D eigenvalue weighted by molar-refractivity contribution is -0.142. The second kappa shape index (κ2) is 10.0. The van der Waals surface area contributed by atoms with Crippen molar-refractivity contribution in [2.75, 3.05) is 39.3 Å². The van der Waals surface area contributed by atoms with Crippen LogP contribution >= 0.6 is 0 Å². The first kappa shape index (κ1) is 22.6. The highest BCUT2D eigenvalue weighted by atomic mass is 19.4. The molecule has 0 bridgehead atoms. The highest BCUT2D eigenvalue weighted by Crippen LogP contribution is 2.37. The van der Waals surface area contributed by atoms with Crippen molar-refractivity contribution in [1.82, 2.24) is 15.0 Å². The largest absolute Gasteiger partial charge is 0.480 e. The van der Waals surface area contributed by atoms with E-state index in [2.05, 4.69) is 19.7 Å². The van der Waals surface area contributed by atoms with Crippen LogP contribution in [0.3, 0.4) is 0 Å². The molecule has 0 aliphatic heterocycles. The summed E-state index contributed by atoms with van der Waals surface area (Å²) in [6, 6.07) is 3.00. The first-order valence-corrected chi connectivity index (χ1v) is 8.05. The lowest BCUT2D eigenvalue weighted by Crippen LogP contribution is -2.14. The SMILES string of the molecule is CCOCC.COc1nc(-c2ccnc(N(C)C)c2)nc(F)c1C(F)(F)F.